The van der Waals surface area contributed by atoms with E-state index in [2.05, 4.69) is 81.2 Å². The molecule has 0 saturated carbocycles. The Morgan fingerprint density at radius 3 is 2.00 bits per heavy atom. The monoisotopic (exact) mass is 408 g/mol. The molecule has 2 aromatic carbocycles. The summed E-state index contributed by atoms with van der Waals surface area (Å²) in [4.78, 5) is 12.3. The highest BCUT2D eigenvalue weighted by Crippen LogP contribution is 2.44. The molecule has 1 fully saturated rings. The Balaban J connectivity index is 1.79. The van der Waals surface area contributed by atoms with Crippen LogP contribution in [-0.2, 0) is 22.9 Å². The molecule has 1 heterocycles. The molecule has 0 N–H and O–H groups in total. The van der Waals surface area contributed by atoms with Gasteiger partial charge in [-0.25, -0.2) is 0 Å². The van der Waals surface area contributed by atoms with Crippen LogP contribution in [0, 0.1) is 5.92 Å². The topological polar surface area (TPSA) is 34.1 Å². The van der Waals surface area contributed by atoms with Crippen molar-refractivity contribution in [2.24, 2.45) is 11.1 Å². The zero-order valence-corrected chi connectivity index (χ0v) is 19.1. The molecule has 3 unspecified atom stereocenters. The van der Waals surface area contributed by atoms with E-state index in [9.17, 15) is 0 Å². The number of hydrogen-bond acceptors (Lipinski definition) is 4. The van der Waals surface area contributed by atoms with Gasteiger partial charge in [0.05, 0.1) is 17.9 Å². The van der Waals surface area contributed by atoms with Crippen molar-refractivity contribution < 1.29 is 9.68 Å². The zero-order chi connectivity index (χ0) is 21.6. The van der Waals surface area contributed by atoms with Gasteiger partial charge in [0, 0.05) is 17.9 Å². The third-order valence-corrected chi connectivity index (χ3v) is 6.89. The molecule has 0 bridgehead atoms. The van der Waals surface area contributed by atoms with Crippen molar-refractivity contribution in [2.75, 3.05) is 0 Å². The average Bonchev–Trinajstić information content (AvgIpc) is 2.78. The predicted molar refractivity (Wildman–Crippen MR) is 123 cm³/mol. The van der Waals surface area contributed by atoms with Crippen LogP contribution in [0.2, 0.25) is 0 Å². The Morgan fingerprint density at radius 2 is 1.47 bits per heavy atom. The van der Waals surface area contributed by atoms with E-state index in [0.29, 0.717) is 13.2 Å². The summed E-state index contributed by atoms with van der Waals surface area (Å²) in [6.07, 6.45) is 2.78. The van der Waals surface area contributed by atoms with Gasteiger partial charge < -0.3 is 4.84 Å². The van der Waals surface area contributed by atoms with E-state index in [1.54, 1.807) is 0 Å². The maximum Gasteiger partial charge on any atom is 0.142 e. The Labute approximate surface area is 181 Å². The summed E-state index contributed by atoms with van der Waals surface area (Å²) >= 11 is 0. The maximum atomic E-state index is 6.51. The Bertz CT molecular complexity index is 823. The van der Waals surface area contributed by atoms with Gasteiger partial charge in [-0.15, -0.1) is 0 Å². The van der Waals surface area contributed by atoms with Crippen molar-refractivity contribution in [3.63, 3.8) is 0 Å². The van der Waals surface area contributed by atoms with Crippen LogP contribution in [-0.4, -0.2) is 21.9 Å². The molecule has 30 heavy (non-hydrogen) atoms. The van der Waals surface area contributed by atoms with Crippen LogP contribution in [0.5, 0.6) is 0 Å². The van der Waals surface area contributed by atoms with Crippen molar-refractivity contribution in [1.82, 2.24) is 5.06 Å². The number of benzene rings is 2. The summed E-state index contributed by atoms with van der Waals surface area (Å²) in [6, 6.07) is 20.6. The highest BCUT2D eigenvalue weighted by Gasteiger charge is 2.53. The Morgan fingerprint density at radius 1 is 0.900 bits per heavy atom. The second-order valence-corrected chi connectivity index (χ2v) is 8.85. The van der Waals surface area contributed by atoms with Gasteiger partial charge in [0.15, 0.2) is 0 Å². The van der Waals surface area contributed by atoms with Crippen molar-refractivity contribution in [2.45, 2.75) is 78.2 Å². The van der Waals surface area contributed by atoms with Crippen LogP contribution in [0.25, 0.3) is 0 Å². The number of oxime groups is 1. The minimum Gasteiger partial charge on any atom is -0.391 e. The van der Waals surface area contributed by atoms with E-state index in [1.807, 2.05) is 24.3 Å². The Hall–Kier alpha value is -2.17. The lowest BCUT2D eigenvalue weighted by molar-refractivity contribution is -0.294. The molecule has 0 spiro atoms. The number of hydrogen-bond donors (Lipinski definition) is 0. The van der Waals surface area contributed by atoms with E-state index in [1.165, 1.54) is 5.56 Å². The predicted octanol–water partition coefficient (Wildman–Crippen LogP) is 6.37. The largest absolute Gasteiger partial charge is 0.391 e. The summed E-state index contributed by atoms with van der Waals surface area (Å²) in [5, 5.41) is 6.91. The number of rotatable bonds is 8. The van der Waals surface area contributed by atoms with E-state index in [-0.39, 0.29) is 17.0 Å². The molecule has 0 radical (unpaired) electrons. The summed E-state index contributed by atoms with van der Waals surface area (Å²) in [5.74, 6) is 0.230. The summed E-state index contributed by atoms with van der Waals surface area (Å²) < 4.78 is 0. The van der Waals surface area contributed by atoms with Gasteiger partial charge in [0.1, 0.15) is 6.61 Å². The molecule has 3 rings (SSSR count). The Kier molecular flexibility index (Phi) is 7.32. The van der Waals surface area contributed by atoms with E-state index >= 15 is 0 Å². The van der Waals surface area contributed by atoms with Gasteiger partial charge >= 0.3 is 0 Å². The lowest BCUT2D eigenvalue weighted by Gasteiger charge is -2.56. The minimum atomic E-state index is -0.160. The fraction of sp³-hybridized carbons (Fsp3) is 0.500. The van der Waals surface area contributed by atoms with Crippen LogP contribution in [0.3, 0.4) is 0 Å². The third-order valence-electron chi connectivity index (χ3n) is 6.89. The molecule has 1 aliphatic rings. The fourth-order valence-electron chi connectivity index (χ4n) is 4.38. The highest BCUT2D eigenvalue weighted by molar-refractivity contribution is 5.89. The first-order chi connectivity index (χ1) is 14.4. The highest BCUT2D eigenvalue weighted by atomic mass is 16.7. The molecule has 1 aliphatic heterocycles. The zero-order valence-electron chi connectivity index (χ0n) is 19.1. The second-order valence-electron chi connectivity index (χ2n) is 8.85. The van der Waals surface area contributed by atoms with Gasteiger partial charge in [0.2, 0.25) is 0 Å². The molecule has 1 saturated heterocycles. The third kappa shape index (κ3) is 4.76. The fourth-order valence-corrected chi connectivity index (χ4v) is 4.38. The first kappa shape index (κ1) is 22.5. The van der Waals surface area contributed by atoms with Crippen molar-refractivity contribution in [1.29, 1.82) is 0 Å². The summed E-state index contributed by atoms with van der Waals surface area (Å²) in [5.41, 5.74) is 3.15. The summed E-state index contributed by atoms with van der Waals surface area (Å²) in [6.45, 7) is 12.4. The van der Waals surface area contributed by atoms with E-state index in [0.717, 1.165) is 30.5 Å². The SMILES string of the molecule is CCC1(C)CC(=NOCc2ccccc2)C(C)C(C)(CC)N1OCc1ccccc1. The van der Waals surface area contributed by atoms with Gasteiger partial charge in [-0.2, -0.15) is 5.06 Å². The second kappa shape index (κ2) is 9.76. The first-order valence-corrected chi connectivity index (χ1v) is 11.1. The summed E-state index contributed by atoms with van der Waals surface area (Å²) in [7, 11) is 0. The molecule has 2 aromatic rings. The van der Waals surface area contributed by atoms with Crippen molar-refractivity contribution in [3.05, 3.63) is 71.8 Å². The van der Waals surface area contributed by atoms with Crippen LogP contribution in [0.1, 0.15) is 65.0 Å². The van der Waals surface area contributed by atoms with Gasteiger partial charge in [-0.3, -0.25) is 4.84 Å². The van der Waals surface area contributed by atoms with E-state index in [4.69, 9.17) is 9.68 Å². The standard InChI is InChI=1S/C26H36N2O2/c1-6-25(4)18-24(27-29-19-22-14-10-8-11-15-22)21(3)26(5,7-2)28(25)30-20-23-16-12-9-13-17-23/h8-17,21H,6-7,18-20H2,1-5H3. The molecule has 4 nitrogen and oxygen atoms in total. The maximum absolute atomic E-state index is 6.51. The van der Waals surface area contributed by atoms with Gasteiger partial charge in [0.25, 0.3) is 0 Å². The quantitative estimate of drug-likeness (QED) is 0.476. The van der Waals surface area contributed by atoms with E-state index < -0.39 is 0 Å². The molecule has 0 aliphatic carbocycles. The smallest absolute Gasteiger partial charge is 0.142 e. The minimum absolute atomic E-state index is 0.138. The molecular formula is C26H36N2O2. The molecule has 0 aromatic heterocycles. The molecular weight excluding hydrogens is 372 g/mol. The molecule has 3 atom stereocenters. The van der Waals surface area contributed by atoms with Crippen molar-refractivity contribution in [3.8, 4) is 0 Å². The first-order valence-electron chi connectivity index (χ1n) is 11.1. The molecule has 4 heteroatoms. The molecule has 0 amide bonds. The van der Waals surface area contributed by atoms with Crippen LogP contribution in [0.15, 0.2) is 65.8 Å². The van der Waals surface area contributed by atoms with Gasteiger partial charge in [-0.1, -0.05) is 86.6 Å². The van der Waals surface area contributed by atoms with Crippen LogP contribution >= 0.6 is 0 Å². The van der Waals surface area contributed by atoms with Gasteiger partial charge in [-0.05, 0) is 37.8 Å². The molecule has 162 valence electrons. The van der Waals surface area contributed by atoms with Crippen LogP contribution in [0.4, 0.5) is 0 Å². The number of hydroxylamine groups is 2. The average molecular weight is 409 g/mol. The number of piperidine rings is 1. The lowest BCUT2D eigenvalue weighted by Crippen LogP contribution is -2.66. The normalized spacial score (nSPS) is 28.6. The van der Waals surface area contributed by atoms with Crippen LogP contribution < -0.4 is 0 Å². The number of nitrogens with zero attached hydrogens (tertiary/aromatic N) is 2. The lowest BCUT2D eigenvalue weighted by atomic mass is 9.70. The van der Waals surface area contributed by atoms with Crippen molar-refractivity contribution >= 4 is 5.71 Å².